The van der Waals surface area contributed by atoms with Crippen molar-refractivity contribution in [2.75, 3.05) is 0 Å². The molecule has 0 unspecified atom stereocenters. The monoisotopic (exact) mass is 224 g/mol. The van der Waals surface area contributed by atoms with Crippen LogP contribution in [0.1, 0.15) is 66.2 Å². The van der Waals surface area contributed by atoms with Crippen molar-refractivity contribution >= 4 is 0 Å². The highest BCUT2D eigenvalue weighted by Gasteiger charge is 2.21. The summed E-state index contributed by atoms with van der Waals surface area (Å²) in [5, 5.41) is 10.1. The Labute approximate surface area is 101 Å². The lowest BCUT2D eigenvalue weighted by atomic mass is 9.82. The zero-order chi connectivity index (χ0) is 12.2. The van der Waals surface area contributed by atoms with Crippen molar-refractivity contribution in [2.24, 2.45) is 11.3 Å². The molecule has 0 aliphatic heterocycles. The van der Waals surface area contributed by atoms with Crippen molar-refractivity contribution in [2.45, 2.75) is 72.3 Å². The minimum atomic E-state index is -0.0994. The molecule has 1 rings (SSSR count). The molecule has 1 aliphatic rings. The second-order valence-corrected chi connectivity index (χ2v) is 6.39. The lowest BCUT2D eigenvalue weighted by Gasteiger charge is -2.26. The molecule has 0 heterocycles. The smallest absolute Gasteiger partial charge is 0.0566 e. The zero-order valence-corrected chi connectivity index (χ0v) is 11.4. The molecule has 0 radical (unpaired) electrons. The van der Waals surface area contributed by atoms with Crippen LogP contribution >= 0.6 is 0 Å². The van der Waals surface area contributed by atoms with E-state index in [9.17, 15) is 5.11 Å². The average molecular weight is 224 g/mol. The second-order valence-electron chi connectivity index (χ2n) is 6.39. The summed E-state index contributed by atoms with van der Waals surface area (Å²) in [6.45, 7) is 9.06. The van der Waals surface area contributed by atoms with Crippen LogP contribution in [0.5, 0.6) is 0 Å². The van der Waals surface area contributed by atoms with E-state index in [2.05, 4.69) is 33.8 Å². The van der Waals surface area contributed by atoms with E-state index in [1.54, 1.807) is 0 Å². The summed E-state index contributed by atoms with van der Waals surface area (Å²) in [4.78, 5) is 0. The molecule has 0 aromatic heterocycles. The molecular formula is C15H28O. The lowest BCUT2D eigenvalue weighted by Crippen LogP contribution is -2.21. The SMILES string of the molecule is C/C1=C/CC(C)(C)CC[C@H](O)[C@H](C)CCC1. The van der Waals surface area contributed by atoms with Crippen LogP contribution in [0.2, 0.25) is 0 Å². The maximum Gasteiger partial charge on any atom is 0.0566 e. The van der Waals surface area contributed by atoms with E-state index in [0.29, 0.717) is 11.3 Å². The van der Waals surface area contributed by atoms with Crippen molar-refractivity contribution in [1.29, 1.82) is 0 Å². The topological polar surface area (TPSA) is 20.2 Å². The molecule has 0 saturated carbocycles. The average Bonchev–Trinajstić information content (AvgIpc) is 2.23. The summed E-state index contributed by atoms with van der Waals surface area (Å²) in [5.41, 5.74) is 1.86. The molecule has 0 fully saturated rings. The molecule has 0 bridgehead atoms. The first-order chi connectivity index (χ1) is 7.41. The highest BCUT2D eigenvalue weighted by molar-refractivity contribution is 5.00. The van der Waals surface area contributed by atoms with Crippen LogP contribution in [0, 0.1) is 11.3 Å². The van der Waals surface area contributed by atoms with E-state index in [4.69, 9.17) is 0 Å². The van der Waals surface area contributed by atoms with Gasteiger partial charge >= 0.3 is 0 Å². The van der Waals surface area contributed by atoms with Gasteiger partial charge in [0.1, 0.15) is 0 Å². The molecule has 1 nitrogen and oxygen atoms in total. The summed E-state index contributed by atoms with van der Waals surface area (Å²) in [5.74, 6) is 0.460. The van der Waals surface area contributed by atoms with E-state index in [0.717, 1.165) is 25.7 Å². The van der Waals surface area contributed by atoms with Crippen molar-refractivity contribution in [3.05, 3.63) is 11.6 Å². The Bertz CT molecular complexity index is 240. The van der Waals surface area contributed by atoms with Crippen LogP contribution in [0.3, 0.4) is 0 Å². The summed E-state index contributed by atoms with van der Waals surface area (Å²) in [6.07, 6.45) is 9.13. The Morgan fingerprint density at radius 2 is 2.00 bits per heavy atom. The predicted molar refractivity (Wildman–Crippen MR) is 70.4 cm³/mol. The van der Waals surface area contributed by atoms with Crippen LogP contribution in [-0.2, 0) is 0 Å². The van der Waals surface area contributed by atoms with Gasteiger partial charge in [-0.3, -0.25) is 0 Å². The number of hydrogen-bond donors (Lipinski definition) is 1. The van der Waals surface area contributed by atoms with Gasteiger partial charge in [0.25, 0.3) is 0 Å². The second kappa shape index (κ2) is 5.86. The standard InChI is InChI=1S/C15H28O/c1-12-6-5-7-13(2)14(16)9-11-15(3,4)10-8-12/h8,13-14,16H,5-7,9-11H2,1-4H3/b12-8-/t13-,14+/m1/s1. The Kier molecular flexibility index (Phi) is 5.04. The van der Waals surface area contributed by atoms with E-state index in [1.165, 1.54) is 18.4 Å². The van der Waals surface area contributed by atoms with E-state index < -0.39 is 0 Å². The van der Waals surface area contributed by atoms with Gasteiger partial charge in [0.15, 0.2) is 0 Å². The molecule has 0 saturated heterocycles. The normalized spacial score (nSPS) is 35.9. The molecule has 1 N–H and O–H groups in total. The van der Waals surface area contributed by atoms with Gasteiger partial charge in [0.05, 0.1) is 6.10 Å². The molecule has 94 valence electrons. The fraction of sp³-hybridized carbons (Fsp3) is 0.867. The molecule has 16 heavy (non-hydrogen) atoms. The van der Waals surface area contributed by atoms with E-state index in [-0.39, 0.29) is 6.10 Å². The highest BCUT2D eigenvalue weighted by Crippen LogP contribution is 2.31. The maximum absolute atomic E-state index is 10.1. The van der Waals surface area contributed by atoms with Gasteiger partial charge in [0.2, 0.25) is 0 Å². The van der Waals surface area contributed by atoms with Gasteiger partial charge in [-0.1, -0.05) is 32.4 Å². The van der Waals surface area contributed by atoms with Crippen LogP contribution in [-0.4, -0.2) is 11.2 Å². The molecule has 0 amide bonds. The summed E-state index contributed by atoms with van der Waals surface area (Å²) in [7, 11) is 0. The predicted octanol–water partition coefficient (Wildman–Crippen LogP) is 4.31. The summed E-state index contributed by atoms with van der Waals surface area (Å²) >= 11 is 0. The largest absolute Gasteiger partial charge is 0.393 e. The van der Waals surface area contributed by atoms with Crippen LogP contribution in [0.4, 0.5) is 0 Å². The van der Waals surface area contributed by atoms with E-state index >= 15 is 0 Å². The lowest BCUT2D eigenvalue weighted by molar-refractivity contribution is 0.0877. The number of aliphatic hydroxyl groups excluding tert-OH is 1. The number of rotatable bonds is 0. The quantitative estimate of drug-likeness (QED) is 0.608. The van der Waals surface area contributed by atoms with Crippen LogP contribution in [0.25, 0.3) is 0 Å². The molecule has 0 spiro atoms. The number of allylic oxidation sites excluding steroid dienone is 2. The minimum Gasteiger partial charge on any atom is -0.393 e. The third kappa shape index (κ3) is 4.69. The van der Waals surface area contributed by atoms with Gasteiger partial charge in [-0.15, -0.1) is 0 Å². The Morgan fingerprint density at radius 1 is 1.31 bits per heavy atom. The third-order valence-corrected chi connectivity index (χ3v) is 4.01. The molecule has 1 aliphatic carbocycles. The first kappa shape index (κ1) is 13.8. The summed E-state index contributed by atoms with van der Waals surface area (Å²) < 4.78 is 0. The number of hydrogen-bond acceptors (Lipinski definition) is 1. The van der Waals surface area contributed by atoms with Gasteiger partial charge < -0.3 is 5.11 Å². The molecule has 0 aromatic rings. The van der Waals surface area contributed by atoms with Crippen LogP contribution in [0.15, 0.2) is 11.6 Å². The zero-order valence-electron chi connectivity index (χ0n) is 11.4. The fourth-order valence-corrected chi connectivity index (χ4v) is 2.37. The number of aliphatic hydroxyl groups is 1. The van der Waals surface area contributed by atoms with Gasteiger partial charge in [-0.05, 0) is 56.8 Å². The molecular weight excluding hydrogens is 196 g/mol. The Hall–Kier alpha value is -0.300. The maximum atomic E-state index is 10.1. The van der Waals surface area contributed by atoms with Crippen molar-refractivity contribution < 1.29 is 5.11 Å². The Morgan fingerprint density at radius 3 is 2.69 bits per heavy atom. The highest BCUT2D eigenvalue weighted by atomic mass is 16.3. The summed E-state index contributed by atoms with van der Waals surface area (Å²) in [6, 6.07) is 0. The van der Waals surface area contributed by atoms with Crippen molar-refractivity contribution in [3.63, 3.8) is 0 Å². The molecule has 2 atom stereocenters. The van der Waals surface area contributed by atoms with Crippen molar-refractivity contribution in [1.82, 2.24) is 0 Å². The van der Waals surface area contributed by atoms with Gasteiger partial charge in [0, 0.05) is 0 Å². The third-order valence-electron chi connectivity index (χ3n) is 4.01. The fourth-order valence-electron chi connectivity index (χ4n) is 2.37. The minimum absolute atomic E-state index is 0.0994. The molecule has 1 heteroatoms. The van der Waals surface area contributed by atoms with Crippen molar-refractivity contribution in [3.8, 4) is 0 Å². The first-order valence-corrected chi connectivity index (χ1v) is 6.74. The van der Waals surface area contributed by atoms with E-state index in [1.807, 2.05) is 0 Å². The van der Waals surface area contributed by atoms with Crippen LogP contribution < -0.4 is 0 Å². The Balaban J connectivity index is 2.66. The van der Waals surface area contributed by atoms with Gasteiger partial charge in [-0.25, -0.2) is 0 Å². The molecule has 0 aromatic carbocycles. The first-order valence-electron chi connectivity index (χ1n) is 6.74. The van der Waals surface area contributed by atoms with Gasteiger partial charge in [-0.2, -0.15) is 0 Å².